The van der Waals surface area contributed by atoms with E-state index in [1.807, 2.05) is 24.3 Å². The van der Waals surface area contributed by atoms with Crippen molar-refractivity contribution in [3.05, 3.63) is 97.1 Å². The van der Waals surface area contributed by atoms with E-state index >= 15 is 0 Å². The van der Waals surface area contributed by atoms with Crippen LogP contribution in [0.5, 0.6) is 11.5 Å². The van der Waals surface area contributed by atoms with Gasteiger partial charge in [0.1, 0.15) is 11.5 Å². The first-order valence-corrected chi connectivity index (χ1v) is 8.48. The molecule has 0 aliphatic carbocycles. The minimum atomic E-state index is 0. The lowest BCUT2D eigenvalue weighted by Crippen LogP contribution is -1.82. The van der Waals surface area contributed by atoms with E-state index < -0.39 is 0 Å². The van der Waals surface area contributed by atoms with Crippen LogP contribution in [-0.4, -0.2) is 10.2 Å². The summed E-state index contributed by atoms with van der Waals surface area (Å²) in [7, 11) is 0. The summed E-state index contributed by atoms with van der Waals surface area (Å²) in [4.78, 5) is 0. The molecule has 2 N–H and O–H groups in total. The van der Waals surface area contributed by atoms with E-state index in [-0.39, 0.29) is 18.9 Å². The molecule has 2 nitrogen and oxygen atoms in total. The molecule has 4 aromatic rings. The number of aromatic hydroxyl groups is 2. The zero-order valence-corrected chi connectivity index (χ0v) is 14.1. The minimum absolute atomic E-state index is 0. The van der Waals surface area contributed by atoms with Crippen LogP contribution in [0.25, 0.3) is 33.4 Å². The van der Waals surface area contributed by atoms with Gasteiger partial charge in [0.25, 0.3) is 0 Å². The lowest BCUT2D eigenvalue weighted by atomic mass is 9.98. The Balaban J connectivity index is 0.00000210. The molecule has 0 aliphatic heterocycles. The van der Waals surface area contributed by atoms with Crippen LogP contribution in [0.15, 0.2) is 97.1 Å². The smallest absolute Gasteiger partial charge is 0.115 e. The summed E-state index contributed by atoms with van der Waals surface area (Å²) in [5.41, 5.74) is 6.72. The Hall–Kier alpha value is -3.52. The van der Waals surface area contributed by atoms with Crippen molar-refractivity contribution in [2.45, 2.75) is 7.43 Å². The van der Waals surface area contributed by atoms with Crippen molar-refractivity contribution in [3.8, 4) is 44.9 Å². The molecule has 0 amide bonds. The van der Waals surface area contributed by atoms with Gasteiger partial charge in [-0.05, 0) is 57.6 Å². The summed E-state index contributed by atoms with van der Waals surface area (Å²) in [6, 6.07) is 31.3. The molecule has 27 heavy (non-hydrogen) atoms. The van der Waals surface area contributed by atoms with Gasteiger partial charge in [-0.15, -0.1) is 0 Å². The third-order valence-electron chi connectivity index (χ3n) is 4.50. The number of phenolic OH excluding ortho intramolecular Hbond substituents is 2. The second-order valence-corrected chi connectivity index (χ2v) is 6.25. The first-order chi connectivity index (χ1) is 12.7. The van der Waals surface area contributed by atoms with Crippen molar-refractivity contribution in [2.75, 3.05) is 0 Å². The zero-order valence-electron chi connectivity index (χ0n) is 14.1. The van der Waals surface area contributed by atoms with E-state index in [0.717, 1.165) is 33.4 Å². The summed E-state index contributed by atoms with van der Waals surface area (Å²) >= 11 is 0. The molecule has 0 heterocycles. The predicted octanol–water partition coefficient (Wildman–Crippen LogP) is 6.73. The second-order valence-electron chi connectivity index (χ2n) is 6.25. The SMILES string of the molecule is C.Oc1ccc(-c2ccc(-c3ccc(-c4ccc(O)cc4)cc3)cc2)cc1. The zero-order chi connectivity index (χ0) is 17.9. The van der Waals surface area contributed by atoms with E-state index in [4.69, 9.17) is 0 Å². The van der Waals surface area contributed by atoms with Gasteiger partial charge in [-0.3, -0.25) is 0 Å². The molecule has 0 spiro atoms. The van der Waals surface area contributed by atoms with Gasteiger partial charge in [0.05, 0.1) is 0 Å². The Morgan fingerprint density at radius 1 is 0.296 bits per heavy atom. The first kappa shape index (κ1) is 18.3. The van der Waals surface area contributed by atoms with Gasteiger partial charge in [0.15, 0.2) is 0 Å². The molecule has 0 saturated carbocycles. The summed E-state index contributed by atoms with van der Waals surface area (Å²) < 4.78 is 0. The van der Waals surface area contributed by atoms with Crippen molar-refractivity contribution in [3.63, 3.8) is 0 Å². The summed E-state index contributed by atoms with van der Waals surface area (Å²) in [5.74, 6) is 0.554. The van der Waals surface area contributed by atoms with Crippen LogP contribution in [0.2, 0.25) is 0 Å². The van der Waals surface area contributed by atoms with Gasteiger partial charge in [0.2, 0.25) is 0 Å². The van der Waals surface area contributed by atoms with Crippen molar-refractivity contribution in [2.24, 2.45) is 0 Å². The summed E-state index contributed by atoms with van der Waals surface area (Å²) in [6.07, 6.45) is 0. The molecule has 134 valence electrons. The Morgan fingerprint density at radius 3 is 0.630 bits per heavy atom. The van der Waals surface area contributed by atoms with Crippen LogP contribution in [0.4, 0.5) is 0 Å². The average molecular weight is 354 g/mol. The molecular formula is C25H22O2. The van der Waals surface area contributed by atoms with Gasteiger partial charge >= 0.3 is 0 Å². The number of hydrogen-bond acceptors (Lipinski definition) is 2. The normalized spacial score (nSPS) is 10.2. The fraction of sp³-hybridized carbons (Fsp3) is 0.0400. The van der Waals surface area contributed by atoms with E-state index in [1.165, 1.54) is 0 Å². The molecule has 0 unspecified atom stereocenters. The third kappa shape index (κ3) is 4.01. The standard InChI is InChI=1S/C24H18O2.CH4/c25-23-13-9-21(10-14-23)19-5-1-17(2-6-19)18-3-7-20(8-4-18)22-11-15-24(26)16-12-22;/h1-16,25-26H;1H4. The van der Waals surface area contributed by atoms with Gasteiger partial charge < -0.3 is 10.2 Å². The Bertz CT molecular complexity index is 911. The average Bonchev–Trinajstić information content (AvgIpc) is 2.70. The van der Waals surface area contributed by atoms with E-state index in [9.17, 15) is 10.2 Å². The molecule has 0 atom stereocenters. The van der Waals surface area contributed by atoms with Crippen LogP contribution in [0.3, 0.4) is 0 Å². The maximum atomic E-state index is 9.40. The summed E-state index contributed by atoms with van der Waals surface area (Å²) in [5, 5.41) is 18.8. The molecule has 2 heteroatoms. The number of rotatable bonds is 3. The molecule has 0 aromatic heterocycles. The highest BCUT2D eigenvalue weighted by atomic mass is 16.3. The fourth-order valence-corrected chi connectivity index (χ4v) is 3.02. The van der Waals surface area contributed by atoms with Gasteiger partial charge in [-0.1, -0.05) is 80.2 Å². The first-order valence-electron chi connectivity index (χ1n) is 8.48. The van der Waals surface area contributed by atoms with E-state index in [2.05, 4.69) is 48.5 Å². The van der Waals surface area contributed by atoms with Gasteiger partial charge in [-0.25, -0.2) is 0 Å². The van der Waals surface area contributed by atoms with Crippen molar-refractivity contribution in [1.82, 2.24) is 0 Å². The molecule has 4 aromatic carbocycles. The third-order valence-corrected chi connectivity index (χ3v) is 4.50. The van der Waals surface area contributed by atoms with Crippen LogP contribution in [0, 0.1) is 0 Å². The fourth-order valence-electron chi connectivity index (χ4n) is 3.02. The van der Waals surface area contributed by atoms with Crippen molar-refractivity contribution >= 4 is 0 Å². The van der Waals surface area contributed by atoms with Crippen molar-refractivity contribution < 1.29 is 10.2 Å². The second kappa shape index (κ2) is 7.79. The Labute approximate surface area is 160 Å². The molecule has 0 radical (unpaired) electrons. The minimum Gasteiger partial charge on any atom is -0.508 e. The molecule has 0 fully saturated rings. The quantitative estimate of drug-likeness (QED) is 0.428. The molecular weight excluding hydrogens is 332 g/mol. The lowest BCUT2D eigenvalue weighted by Gasteiger charge is -2.07. The Morgan fingerprint density at radius 2 is 0.444 bits per heavy atom. The van der Waals surface area contributed by atoms with Crippen LogP contribution >= 0.6 is 0 Å². The van der Waals surface area contributed by atoms with Crippen LogP contribution in [-0.2, 0) is 0 Å². The molecule has 4 rings (SSSR count). The van der Waals surface area contributed by atoms with Gasteiger partial charge in [-0.2, -0.15) is 0 Å². The topological polar surface area (TPSA) is 40.5 Å². The Kier molecular flexibility index (Phi) is 5.28. The summed E-state index contributed by atoms with van der Waals surface area (Å²) in [6.45, 7) is 0. The van der Waals surface area contributed by atoms with Crippen molar-refractivity contribution in [1.29, 1.82) is 0 Å². The van der Waals surface area contributed by atoms with Crippen LogP contribution < -0.4 is 0 Å². The highest BCUT2D eigenvalue weighted by Gasteiger charge is 2.02. The van der Waals surface area contributed by atoms with E-state index in [0.29, 0.717) is 0 Å². The monoisotopic (exact) mass is 354 g/mol. The number of hydrogen-bond donors (Lipinski definition) is 2. The number of benzene rings is 4. The molecule has 0 bridgehead atoms. The highest BCUT2D eigenvalue weighted by molar-refractivity contribution is 5.73. The molecule has 0 aliphatic rings. The maximum Gasteiger partial charge on any atom is 0.115 e. The largest absolute Gasteiger partial charge is 0.508 e. The number of phenols is 2. The van der Waals surface area contributed by atoms with Crippen LogP contribution in [0.1, 0.15) is 7.43 Å². The maximum absolute atomic E-state index is 9.40. The van der Waals surface area contributed by atoms with E-state index in [1.54, 1.807) is 24.3 Å². The lowest BCUT2D eigenvalue weighted by molar-refractivity contribution is 0.475. The highest BCUT2D eigenvalue weighted by Crippen LogP contribution is 2.28. The van der Waals surface area contributed by atoms with Gasteiger partial charge in [0, 0.05) is 0 Å². The predicted molar refractivity (Wildman–Crippen MR) is 113 cm³/mol. The molecule has 0 saturated heterocycles.